The first-order valence-electron chi connectivity index (χ1n) is 7.70. The lowest BCUT2D eigenvalue weighted by molar-refractivity contribution is -0.130. The van der Waals surface area contributed by atoms with Crippen molar-refractivity contribution in [3.05, 3.63) is 11.8 Å². The molecule has 0 aromatic heterocycles. The summed E-state index contributed by atoms with van der Waals surface area (Å²) in [4.78, 5) is 16.8. The summed E-state index contributed by atoms with van der Waals surface area (Å²) in [5, 5.41) is 3.38. The van der Waals surface area contributed by atoms with E-state index in [0.29, 0.717) is 12.6 Å². The molecule has 4 heteroatoms. The Balaban J connectivity index is 1.93. The van der Waals surface area contributed by atoms with Crippen LogP contribution in [0, 0.1) is 0 Å². The molecule has 19 heavy (non-hydrogen) atoms. The molecule has 0 bridgehead atoms. The highest BCUT2D eigenvalue weighted by atomic mass is 16.2. The van der Waals surface area contributed by atoms with Gasteiger partial charge in [-0.25, -0.2) is 0 Å². The van der Waals surface area contributed by atoms with Crippen LogP contribution >= 0.6 is 0 Å². The van der Waals surface area contributed by atoms with E-state index < -0.39 is 0 Å². The van der Waals surface area contributed by atoms with Gasteiger partial charge in [-0.1, -0.05) is 13.0 Å². The molecule has 1 saturated heterocycles. The molecule has 1 amide bonds. The molecule has 1 unspecified atom stereocenters. The fourth-order valence-electron chi connectivity index (χ4n) is 3.15. The Hall–Kier alpha value is -0.870. The molecular weight excluding hydrogens is 238 g/mol. The summed E-state index contributed by atoms with van der Waals surface area (Å²) >= 11 is 0. The average molecular weight is 265 g/mol. The molecule has 0 aromatic rings. The van der Waals surface area contributed by atoms with Crippen LogP contribution in [0.5, 0.6) is 0 Å². The molecule has 0 spiro atoms. The topological polar surface area (TPSA) is 35.6 Å². The van der Waals surface area contributed by atoms with Crippen molar-refractivity contribution in [2.24, 2.45) is 0 Å². The highest BCUT2D eigenvalue weighted by Crippen LogP contribution is 2.21. The summed E-state index contributed by atoms with van der Waals surface area (Å²) < 4.78 is 0. The highest BCUT2D eigenvalue weighted by molar-refractivity contribution is 5.80. The van der Waals surface area contributed by atoms with Crippen molar-refractivity contribution in [1.29, 1.82) is 0 Å². The minimum Gasteiger partial charge on any atom is -0.316 e. The van der Waals surface area contributed by atoms with Crippen molar-refractivity contribution in [1.82, 2.24) is 15.1 Å². The molecule has 4 nitrogen and oxygen atoms in total. The molecule has 0 aromatic carbocycles. The Labute approximate surface area is 116 Å². The second-order valence-corrected chi connectivity index (χ2v) is 5.44. The fraction of sp³-hybridized carbons (Fsp3) is 0.800. The van der Waals surface area contributed by atoms with Gasteiger partial charge in [0.25, 0.3) is 0 Å². The van der Waals surface area contributed by atoms with Crippen LogP contribution in [-0.2, 0) is 4.79 Å². The number of carbonyl (C=O) groups excluding carboxylic acids is 1. The summed E-state index contributed by atoms with van der Waals surface area (Å²) in [7, 11) is 0. The molecule has 108 valence electrons. The van der Waals surface area contributed by atoms with Gasteiger partial charge in [0.15, 0.2) is 0 Å². The lowest BCUT2D eigenvalue weighted by Crippen LogP contribution is -2.45. The van der Waals surface area contributed by atoms with Gasteiger partial charge >= 0.3 is 0 Å². The summed E-state index contributed by atoms with van der Waals surface area (Å²) in [5.74, 6) is 0.268. The van der Waals surface area contributed by atoms with Gasteiger partial charge in [0.1, 0.15) is 0 Å². The minimum atomic E-state index is 0.268. The zero-order valence-corrected chi connectivity index (χ0v) is 12.3. The molecule has 1 aliphatic carbocycles. The molecule has 1 heterocycles. The molecule has 2 aliphatic rings. The second kappa shape index (κ2) is 7.06. The minimum absolute atomic E-state index is 0.268. The molecular formula is C15H27N3O. The van der Waals surface area contributed by atoms with Gasteiger partial charge in [-0.2, -0.15) is 0 Å². The number of nitrogens with one attached hydrogen (secondary N) is 1. The third-order valence-electron chi connectivity index (χ3n) is 4.28. The Morgan fingerprint density at radius 3 is 2.79 bits per heavy atom. The van der Waals surface area contributed by atoms with Gasteiger partial charge in [0, 0.05) is 24.8 Å². The van der Waals surface area contributed by atoms with E-state index in [-0.39, 0.29) is 5.91 Å². The molecule has 1 fully saturated rings. The van der Waals surface area contributed by atoms with Crippen molar-refractivity contribution in [2.75, 3.05) is 32.7 Å². The van der Waals surface area contributed by atoms with Gasteiger partial charge in [-0.3, -0.25) is 9.69 Å². The molecule has 2 rings (SSSR count). The van der Waals surface area contributed by atoms with Crippen LogP contribution in [-0.4, -0.2) is 54.5 Å². The van der Waals surface area contributed by atoms with Gasteiger partial charge in [0.2, 0.25) is 5.91 Å². The number of likely N-dealkylation sites (N-methyl/N-ethyl adjacent to an activating group) is 2. The Morgan fingerprint density at radius 2 is 2.26 bits per heavy atom. The SMILES string of the molecule is CCN(C(=O)CN(CC)C1CCNC1)C1=CCCC1. The predicted octanol–water partition coefficient (Wildman–Crippen LogP) is 1.59. The summed E-state index contributed by atoms with van der Waals surface area (Å²) in [6.07, 6.45) is 6.79. The first kappa shape index (κ1) is 14.5. The smallest absolute Gasteiger partial charge is 0.240 e. The van der Waals surface area contributed by atoms with Crippen LogP contribution in [0.15, 0.2) is 11.8 Å². The Morgan fingerprint density at radius 1 is 1.42 bits per heavy atom. The van der Waals surface area contributed by atoms with Crippen molar-refractivity contribution in [2.45, 2.75) is 45.6 Å². The number of carbonyl (C=O) groups is 1. The van der Waals surface area contributed by atoms with Gasteiger partial charge in [0.05, 0.1) is 6.54 Å². The zero-order valence-electron chi connectivity index (χ0n) is 12.3. The predicted molar refractivity (Wildman–Crippen MR) is 77.8 cm³/mol. The number of rotatable bonds is 6. The number of allylic oxidation sites excluding steroid dienone is 2. The van der Waals surface area contributed by atoms with Crippen molar-refractivity contribution in [3.63, 3.8) is 0 Å². The normalized spacial score (nSPS) is 22.9. The van der Waals surface area contributed by atoms with E-state index in [4.69, 9.17) is 0 Å². The summed E-state index contributed by atoms with van der Waals surface area (Å²) in [6, 6.07) is 0.533. The first-order chi connectivity index (χ1) is 9.26. The van der Waals surface area contributed by atoms with Crippen LogP contribution in [0.1, 0.15) is 39.5 Å². The van der Waals surface area contributed by atoms with Crippen LogP contribution in [0.4, 0.5) is 0 Å². The van der Waals surface area contributed by atoms with Crippen molar-refractivity contribution < 1.29 is 4.79 Å². The maximum absolute atomic E-state index is 12.5. The van der Waals surface area contributed by atoms with E-state index in [1.54, 1.807) is 0 Å². The monoisotopic (exact) mass is 265 g/mol. The van der Waals surface area contributed by atoms with E-state index in [0.717, 1.165) is 45.4 Å². The van der Waals surface area contributed by atoms with E-state index >= 15 is 0 Å². The summed E-state index contributed by atoms with van der Waals surface area (Å²) in [6.45, 7) is 8.64. The average Bonchev–Trinajstić information content (AvgIpc) is 3.09. The molecule has 1 aliphatic heterocycles. The maximum Gasteiger partial charge on any atom is 0.240 e. The van der Waals surface area contributed by atoms with Gasteiger partial charge in [-0.15, -0.1) is 0 Å². The lowest BCUT2D eigenvalue weighted by atomic mass is 10.2. The fourth-order valence-corrected chi connectivity index (χ4v) is 3.15. The quantitative estimate of drug-likeness (QED) is 0.792. The van der Waals surface area contributed by atoms with E-state index in [2.05, 4.69) is 30.1 Å². The molecule has 0 radical (unpaired) electrons. The number of hydrogen-bond acceptors (Lipinski definition) is 3. The highest BCUT2D eigenvalue weighted by Gasteiger charge is 2.26. The van der Waals surface area contributed by atoms with Gasteiger partial charge in [-0.05, 0) is 45.7 Å². The Kier molecular flexibility index (Phi) is 5.40. The third-order valence-corrected chi connectivity index (χ3v) is 4.28. The molecule has 1 N–H and O–H groups in total. The summed E-state index contributed by atoms with van der Waals surface area (Å²) in [5.41, 5.74) is 1.24. The second-order valence-electron chi connectivity index (χ2n) is 5.44. The lowest BCUT2D eigenvalue weighted by Gasteiger charge is -2.30. The maximum atomic E-state index is 12.5. The van der Waals surface area contributed by atoms with Crippen LogP contribution in [0.3, 0.4) is 0 Å². The van der Waals surface area contributed by atoms with Gasteiger partial charge < -0.3 is 10.2 Å². The number of nitrogens with zero attached hydrogens (tertiary/aromatic N) is 2. The third kappa shape index (κ3) is 3.57. The molecule has 1 atom stereocenters. The van der Waals surface area contributed by atoms with Crippen molar-refractivity contribution in [3.8, 4) is 0 Å². The van der Waals surface area contributed by atoms with Crippen LogP contribution < -0.4 is 5.32 Å². The zero-order chi connectivity index (χ0) is 13.7. The van der Waals surface area contributed by atoms with E-state index in [9.17, 15) is 4.79 Å². The van der Waals surface area contributed by atoms with Crippen LogP contribution in [0.2, 0.25) is 0 Å². The molecule has 0 saturated carbocycles. The van der Waals surface area contributed by atoms with Crippen LogP contribution in [0.25, 0.3) is 0 Å². The number of hydrogen-bond donors (Lipinski definition) is 1. The Bertz CT molecular complexity index is 334. The van der Waals surface area contributed by atoms with E-state index in [1.807, 2.05) is 4.90 Å². The largest absolute Gasteiger partial charge is 0.316 e. The number of amides is 1. The first-order valence-corrected chi connectivity index (χ1v) is 7.70. The standard InChI is InChI=1S/C15H27N3O/c1-3-17(14-9-10-16-11-14)12-15(19)18(4-2)13-7-5-6-8-13/h7,14,16H,3-6,8-12H2,1-2H3. The van der Waals surface area contributed by atoms with E-state index in [1.165, 1.54) is 12.1 Å². The van der Waals surface area contributed by atoms with Crippen molar-refractivity contribution >= 4 is 5.91 Å².